The molecule has 5 rings (SSSR count). The van der Waals surface area contributed by atoms with Crippen molar-refractivity contribution >= 4 is 23.4 Å². The van der Waals surface area contributed by atoms with E-state index in [1.165, 1.54) is 35.1 Å². The number of carbonyl (C=O) groups is 1. The van der Waals surface area contributed by atoms with Crippen molar-refractivity contribution in [3.63, 3.8) is 0 Å². The molecule has 0 spiro atoms. The molecule has 0 radical (unpaired) electrons. The van der Waals surface area contributed by atoms with E-state index in [2.05, 4.69) is 4.99 Å². The predicted octanol–water partition coefficient (Wildman–Crippen LogP) is 4.53. The zero-order valence-electron chi connectivity index (χ0n) is 23.5. The molecular weight excluding hydrogens is 559 g/mol. The molecule has 1 atom stereocenters. The van der Waals surface area contributed by atoms with E-state index in [0.717, 1.165) is 5.56 Å². The van der Waals surface area contributed by atoms with Crippen molar-refractivity contribution in [1.82, 2.24) is 4.57 Å². The van der Waals surface area contributed by atoms with Gasteiger partial charge in [0.25, 0.3) is 5.56 Å². The van der Waals surface area contributed by atoms with Gasteiger partial charge in [-0.05, 0) is 73.0 Å². The lowest BCUT2D eigenvalue weighted by Crippen LogP contribution is -2.39. The van der Waals surface area contributed by atoms with E-state index in [-0.39, 0.29) is 24.6 Å². The van der Waals surface area contributed by atoms with Crippen molar-refractivity contribution in [3.8, 4) is 17.2 Å². The van der Waals surface area contributed by atoms with E-state index in [0.29, 0.717) is 49.0 Å². The number of thiazole rings is 1. The van der Waals surface area contributed by atoms with Gasteiger partial charge in [0, 0.05) is 0 Å². The molecule has 1 aliphatic heterocycles. The zero-order chi connectivity index (χ0) is 29.8. The van der Waals surface area contributed by atoms with Gasteiger partial charge in [0.1, 0.15) is 18.2 Å². The van der Waals surface area contributed by atoms with Gasteiger partial charge in [-0.1, -0.05) is 41.7 Å². The van der Waals surface area contributed by atoms with Crippen LogP contribution in [0.25, 0.3) is 6.08 Å². The highest BCUT2D eigenvalue weighted by molar-refractivity contribution is 7.07. The number of hydrogen-bond donors (Lipinski definition) is 0. The van der Waals surface area contributed by atoms with Crippen molar-refractivity contribution in [2.75, 3.05) is 20.8 Å². The Balaban J connectivity index is 1.55. The average molecular weight is 589 g/mol. The maximum absolute atomic E-state index is 13.9. The van der Waals surface area contributed by atoms with Crippen molar-refractivity contribution in [1.29, 1.82) is 0 Å². The van der Waals surface area contributed by atoms with E-state index in [1.807, 2.05) is 18.2 Å². The minimum atomic E-state index is -0.741. The Labute approximate surface area is 245 Å². The lowest BCUT2D eigenvalue weighted by molar-refractivity contribution is -0.139. The fourth-order valence-electron chi connectivity index (χ4n) is 4.70. The Hall–Kier alpha value is -4.70. The van der Waals surface area contributed by atoms with E-state index in [4.69, 9.17) is 18.9 Å². The molecule has 216 valence electrons. The Morgan fingerprint density at radius 3 is 2.55 bits per heavy atom. The molecule has 0 amide bonds. The number of halogens is 1. The van der Waals surface area contributed by atoms with Crippen LogP contribution < -0.4 is 29.1 Å². The van der Waals surface area contributed by atoms with Gasteiger partial charge in [-0.25, -0.2) is 14.2 Å². The SMILES string of the molecule is CCOC(=O)C1=C(C)N=c2s/c(=C\c3ccc(OCc4ccc(F)cc4)c(OC)c3)c(=O)n2[C@H]1c1cccc(OC)c1. The molecule has 4 aromatic rings. The summed E-state index contributed by atoms with van der Waals surface area (Å²) in [5.41, 5.74) is 2.71. The first-order valence-electron chi connectivity index (χ1n) is 13.2. The number of hydrogen-bond acceptors (Lipinski definition) is 8. The second kappa shape index (κ2) is 12.4. The highest BCUT2D eigenvalue weighted by atomic mass is 32.1. The van der Waals surface area contributed by atoms with Gasteiger partial charge >= 0.3 is 5.97 Å². The fraction of sp³-hybridized carbons (Fsp3) is 0.219. The molecule has 3 aromatic carbocycles. The Kier molecular flexibility index (Phi) is 8.53. The van der Waals surface area contributed by atoms with Crippen LogP contribution in [-0.4, -0.2) is 31.4 Å². The third-order valence-corrected chi connectivity index (χ3v) is 7.70. The van der Waals surface area contributed by atoms with Gasteiger partial charge in [-0.2, -0.15) is 0 Å². The van der Waals surface area contributed by atoms with Crippen molar-refractivity contribution < 1.29 is 28.1 Å². The van der Waals surface area contributed by atoms with Crippen LogP contribution in [0.2, 0.25) is 0 Å². The normalized spacial score (nSPS) is 14.7. The number of nitrogens with zero attached hydrogens (tertiary/aromatic N) is 2. The highest BCUT2D eigenvalue weighted by Gasteiger charge is 2.33. The molecular formula is C32H29FN2O6S. The van der Waals surface area contributed by atoms with Crippen molar-refractivity contribution in [3.05, 3.63) is 120 Å². The second-order valence-electron chi connectivity index (χ2n) is 9.40. The van der Waals surface area contributed by atoms with Crippen LogP contribution in [0.1, 0.15) is 36.6 Å². The van der Waals surface area contributed by atoms with Crippen molar-refractivity contribution in [2.45, 2.75) is 26.5 Å². The Morgan fingerprint density at radius 2 is 1.83 bits per heavy atom. The summed E-state index contributed by atoms with van der Waals surface area (Å²) in [4.78, 5) is 32.1. The maximum Gasteiger partial charge on any atom is 0.338 e. The first-order chi connectivity index (χ1) is 20.3. The van der Waals surface area contributed by atoms with Crippen LogP contribution >= 0.6 is 11.3 Å². The predicted molar refractivity (Wildman–Crippen MR) is 157 cm³/mol. The lowest BCUT2D eigenvalue weighted by atomic mass is 9.95. The first-order valence-corrected chi connectivity index (χ1v) is 14.0. The summed E-state index contributed by atoms with van der Waals surface area (Å²) in [6.07, 6.45) is 1.75. The minimum absolute atomic E-state index is 0.191. The van der Waals surface area contributed by atoms with E-state index >= 15 is 0 Å². The Morgan fingerprint density at radius 1 is 1.05 bits per heavy atom. The number of rotatable bonds is 9. The third-order valence-electron chi connectivity index (χ3n) is 6.72. The third kappa shape index (κ3) is 5.84. The molecule has 1 aliphatic rings. The molecule has 8 nitrogen and oxygen atoms in total. The molecule has 10 heteroatoms. The molecule has 42 heavy (non-hydrogen) atoms. The molecule has 0 saturated heterocycles. The number of aromatic nitrogens is 1. The topological polar surface area (TPSA) is 88.4 Å². The quantitative estimate of drug-likeness (QED) is 0.267. The molecule has 1 aromatic heterocycles. The summed E-state index contributed by atoms with van der Waals surface area (Å²) < 4.78 is 37.4. The smallest absolute Gasteiger partial charge is 0.338 e. The summed E-state index contributed by atoms with van der Waals surface area (Å²) >= 11 is 1.23. The number of benzene rings is 3. The van der Waals surface area contributed by atoms with Gasteiger partial charge < -0.3 is 18.9 Å². The molecule has 0 unspecified atom stereocenters. The van der Waals surface area contributed by atoms with Crippen molar-refractivity contribution in [2.24, 2.45) is 4.99 Å². The van der Waals surface area contributed by atoms with Gasteiger partial charge in [0.2, 0.25) is 0 Å². The van der Waals surface area contributed by atoms with Crippen LogP contribution in [0.3, 0.4) is 0 Å². The minimum Gasteiger partial charge on any atom is -0.497 e. The summed E-state index contributed by atoms with van der Waals surface area (Å²) in [6.45, 7) is 3.90. The van der Waals surface area contributed by atoms with Crippen LogP contribution in [0.15, 0.2) is 87.8 Å². The van der Waals surface area contributed by atoms with Gasteiger partial charge in [0.05, 0.1) is 42.7 Å². The average Bonchev–Trinajstić information content (AvgIpc) is 3.30. The highest BCUT2D eigenvalue weighted by Crippen LogP contribution is 2.33. The molecule has 0 aliphatic carbocycles. The second-order valence-corrected chi connectivity index (χ2v) is 10.4. The van der Waals surface area contributed by atoms with Crippen LogP contribution in [0.4, 0.5) is 4.39 Å². The number of esters is 1. The fourth-order valence-corrected chi connectivity index (χ4v) is 5.75. The molecule has 0 bridgehead atoms. The van der Waals surface area contributed by atoms with E-state index in [1.54, 1.807) is 63.4 Å². The number of allylic oxidation sites excluding steroid dienone is 1. The first kappa shape index (κ1) is 28.8. The largest absolute Gasteiger partial charge is 0.497 e. The van der Waals surface area contributed by atoms with Crippen LogP contribution in [-0.2, 0) is 16.1 Å². The van der Waals surface area contributed by atoms with E-state index in [9.17, 15) is 14.0 Å². The number of ether oxygens (including phenoxy) is 4. The van der Waals surface area contributed by atoms with Crippen LogP contribution in [0, 0.1) is 5.82 Å². The zero-order valence-corrected chi connectivity index (χ0v) is 24.4. The van der Waals surface area contributed by atoms with Crippen LogP contribution in [0.5, 0.6) is 17.2 Å². The Bertz CT molecular complexity index is 1840. The van der Waals surface area contributed by atoms with Gasteiger partial charge in [0.15, 0.2) is 16.3 Å². The summed E-state index contributed by atoms with van der Waals surface area (Å²) in [7, 11) is 3.09. The standard InChI is InChI=1S/C32H29FN2O6S/c1-5-40-31(37)28-19(2)34-32-35(29(28)22-7-6-8-24(17-22)38-3)30(36)27(42-32)16-21-11-14-25(26(15-21)39-4)41-18-20-9-12-23(33)13-10-20/h6-17,29H,5,18H2,1-4H3/b27-16-/t29-/m0/s1. The van der Waals surface area contributed by atoms with Gasteiger partial charge in [-0.15, -0.1) is 0 Å². The monoisotopic (exact) mass is 588 g/mol. The maximum atomic E-state index is 13.9. The molecule has 2 heterocycles. The summed E-state index contributed by atoms with van der Waals surface area (Å²) in [5, 5.41) is 0. The number of methoxy groups -OCH3 is 2. The van der Waals surface area contributed by atoms with E-state index < -0.39 is 12.0 Å². The van der Waals surface area contributed by atoms with Gasteiger partial charge in [-0.3, -0.25) is 9.36 Å². The summed E-state index contributed by atoms with van der Waals surface area (Å²) in [6, 6.07) is 17.9. The molecule has 0 N–H and O–H groups in total. The molecule has 0 saturated carbocycles. The lowest BCUT2D eigenvalue weighted by Gasteiger charge is -2.25. The number of fused-ring (bicyclic) bond motifs is 1. The number of carbonyl (C=O) groups excluding carboxylic acids is 1. The molecule has 0 fully saturated rings. The summed E-state index contributed by atoms with van der Waals surface area (Å²) in [5.74, 6) is 0.748.